The molecule has 0 spiro atoms. The van der Waals surface area contributed by atoms with Crippen molar-refractivity contribution in [2.24, 2.45) is 0 Å². The molecule has 5 nitrogen and oxygen atoms in total. The largest absolute Gasteiger partial charge is 0.492 e. The Bertz CT molecular complexity index is 877. The van der Waals surface area contributed by atoms with Crippen LogP contribution in [0.25, 0.3) is 0 Å². The van der Waals surface area contributed by atoms with Gasteiger partial charge in [-0.1, -0.05) is 17.7 Å². The molecule has 3 rings (SSSR count). The summed E-state index contributed by atoms with van der Waals surface area (Å²) in [5.41, 5.74) is 1.53. The Hall–Kier alpha value is -1.96. The Labute approximate surface area is 160 Å². The van der Waals surface area contributed by atoms with Gasteiger partial charge in [0.05, 0.1) is 4.90 Å². The van der Waals surface area contributed by atoms with Crippen LogP contribution in [0.5, 0.6) is 5.75 Å². The van der Waals surface area contributed by atoms with Gasteiger partial charge in [-0.25, -0.2) is 12.8 Å². The number of sulfonamides is 1. The van der Waals surface area contributed by atoms with Crippen LogP contribution in [0, 0.1) is 19.7 Å². The number of halogens is 1. The van der Waals surface area contributed by atoms with Gasteiger partial charge < -0.3 is 4.74 Å². The van der Waals surface area contributed by atoms with Gasteiger partial charge in [0.15, 0.2) is 0 Å². The lowest BCUT2D eigenvalue weighted by molar-refractivity contribution is 0.159. The van der Waals surface area contributed by atoms with Crippen LogP contribution >= 0.6 is 0 Å². The fourth-order valence-electron chi connectivity index (χ4n) is 3.05. The summed E-state index contributed by atoms with van der Waals surface area (Å²) in [6.45, 7) is 7.05. The van der Waals surface area contributed by atoms with Crippen molar-refractivity contribution in [1.82, 2.24) is 9.21 Å². The molecule has 0 N–H and O–H groups in total. The summed E-state index contributed by atoms with van der Waals surface area (Å²) in [6.07, 6.45) is 0. The summed E-state index contributed by atoms with van der Waals surface area (Å²) in [5.74, 6) is 0.445. The van der Waals surface area contributed by atoms with Crippen LogP contribution < -0.4 is 4.74 Å². The minimum absolute atomic E-state index is 0.151. The predicted octanol–water partition coefficient (Wildman–Crippen LogP) is 2.83. The third kappa shape index (κ3) is 4.86. The number of hydrogen-bond acceptors (Lipinski definition) is 4. The molecule has 1 fully saturated rings. The smallest absolute Gasteiger partial charge is 0.243 e. The lowest BCUT2D eigenvalue weighted by Crippen LogP contribution is -2.49. The molecular formula is C20H25FN2O3S. The predicted molar refractivity (Wildman–Crippen MR) is 103 cm³/mol. The molecule has 0 saturated carbocycles. The van der Waals surface area contributed by atoms with Gasteiger partial charge in [-0.15, -0.1) is 0 Å². The highest BCUT2D eigenvalue weighted by Gasteiger charge is 2.28. The maximum atomic E-state index is 13.4. The molecular weight excluding hydrogens is 367 g/mol. The third-order valence-corrected chi connectivity index (χ3v) is 6.69. The Morgan fingerprint density at radius 1 is 1.00 bits per heavy atom. The highest BCUT2D eigenvalue weighted by atomic mass is 32.2. The molecule has 0 bridgehead atoms. The van der Waals surface area contributed by atoms with Gasteiger partial charge in [0.1, 0.15) is 18.2 Å². The number of ether oxygens (including phenoxy) is 1. The van der Waals surface area contributed by atoms with E-state index in [1.54, 1.807) is 6.92 Å². The summed E-state index contributed by atoms with van der Waals surface area (Å²) >= 11 is 0. The van der Waals surface area contributed by atoms with Gasteiger partial charge in [-0.2, -0.15) is 4.31 Å². The van der Waals surface area contributed by atoms with Gasteiger partial charge in [-0.3, -0.25) is 4.90 Å². The molecule has 1 aliphatic rings. The maximum Gasteiger partial charge on any atom is 0.243 e. The normalized spacial score (nSPS) is 16.4. The van der Waals surface area contributed by atoms with Crippen LogP contribution in [-0.4, -0.2) is 57.0 Å². The number of nitrogens with zero attached hydrogens (tertiary/aromatic N) is 2. The van der Waals surface area contributed by atoms with E-state index in [0.717, 1.165) is 12.3 Å². The summed E-state index contributed by atoms with van der Waals surface area (Å²) in [4.78, 5) is 2.34. The quantitative estimate of drug-likeness (QED) is 0.759. The Balaban J connectivity index is 1.50. The maximum absolute atomic E-state index is 13.4. The molecule has 0 radical (unpaired) electrons. The van der Waals surface area contributed by atoms with E-state index < -0.39 is 15.8 Å². The molecule has 0 unspecified atom stereocenters. The van der Waals surface area contributed by atoms with Crippen molar-refractivity contribution in [2.45, 2.75) is 18.7 Å². The molecule has 0 aromatic heterocycles. The van der Waals surface area contributed by atoms with E-state index in [4.69, 9.17) is 4.74 Å². The van der Waals surface area contributed by atoms with Crippen molar-refractivity contribution >= 4 is 10.0 Å². The van der Waals surface area contributed by atoms with Crippen molar-refractivity contribution in [1.29, 1.82) is 0 Å². The Morgan fingerprint density at radius 2 is 1.67 bits per heavy atom. The van der Waals surface area contributed by atoms with Crippen molar-refractivity contribution in [3.05, 3.63) is 59.4 Å². The van der Waals surface area contributed by atoms with Crippen LogP contribution in [-0.2, 0) is 10.0 Å². The molecule has 2 aromatic carbocycles. The summed E-state index contributed by atoms with van der Waals surface area (Å²) in [6, 6.07) is 11.9. The second-order valence-electron chi connectivity index (χ2n) is 6.82. The first kappa shape index (κ1) is 19.8. The summed E-state index contributed by atoms with van der Waals surface area (Å²) in [7, 11) is -3.58. The number of benzene rings is 2. The molecule has 0 atom stereocenters. The second-order valence-corrected chi connectivity index (χ2v) is 8.76. The van der Waals surface area contributed by atoms with Gasteiger partial charge in [0.2, 0.25) is 10.0 Å². The minimum Gasteiger partial charge on any atom is -0.492 e. The number of aryl methyl sites for hydroxylation is 2. The second kappa shape index (κ2) is 8.37. The van der Waals surface area contributed by atoms with E-state index in [0.29, 0.717) is 38.3 Å². The zero-order valence-electron chi connectivity index (χ0n) is 15.7. The van der Waals surface area contributed by atoms with Crippen molar-refractivity contribution in [3.63, 3.8) is 0 Å². The van der Waals surface area contributed by atoms with E-state index in [1.807, 2.05) is 31.2 Å². The molecule has 1 heterocycles. The van der Waals surface area contributed by atoms with Gasteiger partial charge in [0, 0.05) is 32.7 Å². The third-order valence-electron chi connectivity index (χ3n) is 4.80. The lowest BCUT2D eigenvalue weighted by atomic mass is 10.2. The minimum atomic E-state index is -3.58. The van der Waals surface area contributed by atoms with E-state index in [-0.39, 0.29) is 4.90 Å². The number of hydrogen-bond donors (Lipinski definition) is 0. The molecule has 0 amide bonds. The van der Waals surface area contributed by atoms with E-state index in [1.165, 1.54) is 28.1 Å². The van der Waals surface area contributed by atoms with Gasteiger partial charge in [-0.05, 0) is 49.7 Å². The molecule has 27 heavy (non-hydrogen) atoms. The highest BCUT2D eigenvalue weighted by molar-refractivity contribution is 7.89. The monoisotopic (exact) mass is 392 g/mol. The molecule has 0 aliphatic carbocycles. The van der Waals surface area contributed by atoms with E-state index in [2.05, 4.69) is 4.90 Å². The first-order chi connectivity index (χ1) is 12.9. The zero-order chi connectivity index (χ0) is 19.4. The van der Waals surface area contributed by atoms with Crippen LogP contribution in [0.2, 0.25) is 0 Å². The number of piperazine rings is 1. The van der Waals surface area contributed by atoms with Crippen molar-refractivity contribution in [3.8, 4) is 5.75 Å². The molecule has 7 heteroatoms. The van der Waals surface area contributed by atoms with Crippen LogP contribution in [0.1, 0.15) is 11.1 Å². The Morgan fingerprint density at radius 3 is 2.30 bits per heavy atom. The average Bonchev–Trinajstić information content (AvgIpc) is 2.66. The van der Waals surface area contributed by atoms with E-state index in [9.17, 15) is 12.8 Å². The molecule has 1 aliphatic heterocycles. The first-order valence-electron chi connectivity index (χ1n) is 9.04. The van der Waals surface area contributed by atoms with Crippen LogP contribution in [0.15, 0.2) is 47.4 Å². The summed E-state index contributed by atoms with van der Waals surface area (Å²) in [5, 5.41) is 0. The summed E-state index contributed by atoms with van der Waals surface area (Å²) < 4.78 is 46.1. The van der Waals surface area contributed by atoms with Gasteiger partial charge in [0.25, 0.3) is 0 Å². The SMILES string of the molecule is Cc1ccc(OCCN2CCN(S(=O)(=O)c3ccc(F)c(C)c3)CC2)cc1. The standard InChI is InChI=1S/C20H25FN2O3S/c1-16-3-5-18(6-4-16)26-14-13-22-9-11-23(12-10-22)27(24,25)19-7-8-20(21)17(2)15-19/h3-8,15H,9-14H2,1-2H3. The van der Waals surface area contributed by atoms with Gasteiger partial charge >= 0.3 is 0 Å². The topological polar surface area (TPSA) is 49.9 Å². The molecule has 2 aromatic rings. The van der Waals surface area contributed by atoms with Crippen molar-refractivity contribution < 1.29 is 17.5 Å². The van der Waals surface area contributed by atoms with E-state index >= 15 is 0 Å². The zero-order valence-corrected chi connectivity index (χ0v) is 16.5. The van der Waals surface area contributed by atoms with Crippen LogP contribution in [0.3, 0.4) is 0 Å². The van der Waals surface area contributed by atoms with Crippen LogP contribution in [0.4, 0.5) is 4.39 Å². The fraction of sp³-hybridized carbons (Fsp3) is 0.400. The lowest BCUT2D eigenvalue weighted by Gasteiger charge is -2.33. The first-order valence-corrected chi connectivity index (χ1v) is 10.5. The molecule has 146 valence electrons. The molecule has 1 saturated heterocycles. The average molecular weight is 392 g/mol. The van der Waals surface area contributed by atoms with Crippen molar-refractivity contribution in [2.75, 3.05) is 39.3 Å². The highest BCUT2D eigenvalue weighted by Crippen LogP contribution is 2.20. The Kier molecular flexibility index (Phi) is 6.14. The fourth-order valence-corrected chi connectivity index (χ4v) is 4.56. The number of rotatable bonds is 6.